The molecule has 9 heavy (non-hydrogen) atoms. The minimum Gasteiger partial charge on any atom is -0.428 e. The van der Waals surface area contributed by atoms with Gasteiger partial charge in [0.1, 0.15) is 6.61 Å². The fraction of sp³-hybridized carbons (Fsp3) is 0.857. The summed E-state index contributed by atoms with van der Waals surface area (Å²) in [6.45, 7) is 4.90. The molecule has 0 amide bonds. The summed E-state index contributed by atoms with van der Waals surface area (Å²) in [6, 6.07) is 0. The molecular weight excluding hydrogens is 114 g/mol. The third-order valence-electron chi connectivity index (χ3n) is 1.09. The fourth-order valence-corrected chi connectivity index (χ4v) is 0.609. The van der Waals surface area contributed by atoms with Gasteiger partial charge >= 0.3 is 0 Å². The monoisotopic (exact) mass is 127 g/mol. The third-order valence-corrected chi connectivity index (χ3v) is 1.09. The molecule has 0 aromatic heterocycles. The average Bonchev–Trinajstić information content (AvgIpc) is 1.80. The largest absolute Gasteiger partial charge is 0.428 e. The molecule has 0 aromatic carbocycles. The lowest BCUT2D eigenvalue weighted by molar-refractivity contribution is 0.255. The minimum absolute atomic E-state index is 0.578. The van der Waals surface area contributed by atoms with Crippen molar-refractivity contribution in [3.05, 3.63) is 0 Å². The first-order valence-corrected chi connectivity index (χ1v) is 3.28. The summed E-state index contributed by atoms with van der Waals surface area (Å²) in [5, 5.41) is 7.96. The molecule has 0 aromatic rings. The first-order valence-electron chi connectivity index (χ1n) is 3.28. The Balaban J connectivity index is 2.85. The van der Waals surface area contributed by atoms with E-state index in [4.69, 9.17) is 5.26 Å². The fourth-order valence-electron chi connectivity index (χ4n) is 0.609. The van der Waals surface area contributed by atoms with E-state index in [9.17, 15) is 0 Å². The van der Waals surface area contributed by atoms with E-state index in [1.165, 1.54) is 0 Å². The Hall–Kier alpha value is -0.710. The van der Waals surface area contributed by atoms with E-state index >= 15 is 0 Å². The highest BCUT2D eigenvalue weighted by molar-refractivity contribution is 4.49. The minimum atomic E-state index is 0.578. The van der Waals surface area contributed by atoms with Crippen molar-refractivity contribution in [1.82, 2.24) is 0 Å². The molecule has 0 fully saturated rings. The number of ether oxygens (including phenoxy) is 1. The average molecular weight is 127 g/mol. The molecule has 0 aliphatic carbocycles. The standard InChI is InChI=1S/C7H13NO/c1-7(2)4-3-5-9-6-8/h7H,3-5H2,1-2H3. The summed E-state index contributed by atoms with van der Waals surface area (Å²) in [4.78, 5) is 0. The Bertz CT molecular complexity index is 93.6. The molecule has 2 heteroatoms. The van der Waals surface area contributed by atoms with Crippen LogP contribution in [0.5, 0.6) is 0 Å². The number of nitriles is 1. The summed E-state index contributed by atoms with van der Waals surface area (Å²) >= 11 is 0. The summed E-state index contributed by atoms with van der Waals surface area (Å²) < 4.78 is 4.49. The maximum Gasteiger partial charge on any atom is 0.286 e. The molecule has 52 valence electrons. The molecule has 0 aliphatic heterocycles. The van der Waals surface area contributed by atoms with Gasteiger partial charge in [0, 0.05) is 0 Å². The highest BCUT2D eigenvalue weighted by Gasteiger charge is 1.92. The first-order chi connectivity index (χ1) is 4.27. The maximum atomic E-state index is 7.96. The van der Waals surface area contributed by atoms with Crippen LogP contribution in [0, 0.1) is 17.4 Å². The van der Waals surface area contributed by atoms with E-state index in [1.807, 2.05) is 0 Å². The molecule has 2 nitrogen and oxygen atoms in total. The normalized spacial score (nSPS) is 9.11. The van der Waals surface area contributed by atoms with Gasteiger partial charge in [-0.05, 0) is 18.8 Å². The molecule has 0 spiro atoms. The predicted octanol–water partition coefficient (Wildman–Crippen LogP) is 1.92. The van der Waals surface area contributed by atoms with Crippen molar-refractivity contribution >= 4 is 0 Å². The molecule has 0 unspecified atom stereocenters. The van der Waals surface area contributed by atoms with Crippen molar-refractivity contribution < 1.29 is 4.74 Å². The van der Waals surface area contributed by atoms with Crippen LogP contribution < -0.4 is 0 Å². The number of hydrogen-bond acceptors (Lipinski definition) is 2. The van der Waals surface area contributed by atoms with Gasteiger partial charge in [-0.25, -0.2) is 0 Å². The Morgan fingerprint density at radius 3 is 2.67 bits per heavy atom. The van der Waals surface area contributed by atoms with Gasteiger partial charge in [-0.3, -0.25) is 0 Å². The van der Waals surface area contributed by atoms with Gasteiger partial charge in [-0.15, -0.1) is 0 Å². The summed E-state index contributed by atoms with van der Waals surface area (Å²) in [5.74, 6) is 0.715. The Morgan fingerprint density at radius 2 is 2.22 bits per heavy atom. The van der Waals surface area contributed by atoms with Crippen molar-refractivity contribution in [3.8, 4) is 6.26 Å². The summed E-state index contributed by atoms with van der Waals surface area (Å²) in [5.41, 5.74) is 0. The first kappa shape index (κ1) is 8.29. The Morgan fingerprint density at radius 1 is 1.56 bits per heavy atom. The number of nitrogens with zero attached hydrogens (tertiary/aromatic N) is 1. The van der Waals surface area contributed by atoms with E-state index in [2.05, 4.69) is 18.6 Å². The van der Waals surface area contributed by atoms with Crippen molar-refractivity contribution in [1.29, 1.82) is 5.26 Å². The molecule has 0 saturated heterocycles. The second-order valence-corrected chi connectivity index (χ2v) is 2.48. The van der Waals surface area contributed by atoms with Crippen LogP contribution in [0.2, 0.25) is 0 Å². The number of hydrogen-bond donors (Lipinski definition) is 0. The van der Waals surface area contributed by atoms with Gasteiger partial charge in [0.2, 0.25) is 0 Å². The van der Waals surface area contributed by atoms with E-state index in [0.717, 1.165) is 12.8 Å². The second kappa shape index (κ2) is 5.43. The van der Waals surface area contributed by atoms with Crippen molar-refractivity contribution in [3.63, 3.8) is 0 Å². The molecule has 0 rings (SSSR count). The predicted molar refractivity (Wildman–Crippen MR) is 35.6 cm³/mol. The summed E-state index contributed by atoms with van der Waals surface area (Å²) in [7, 11) is 0. The van der Waals surface area contributed by atoms with Gasteiger partial charge < -0.3 is 4.74 Å². The Labute approximate surface area is 56.4 Å². The zero-order valence-electron chi connectivity index (χ0n) is 6.05. The van der Waals surface area contributed by atoms with Crippen LogP contribution in [-0.4, -0.2) is 6.61 Å². The zero-order chi connectivity index (χ0) is 7.11. The molecule has 0 radical (unpaired) electrons. The lowest BCUT2D eigenvalue weighted by Crippen LogP contribution is -1.92. The molecule has 0 heterocycles. The van der Waals surface area contributed by atoms with Crippen LogP contribution in [0.3, 0.4) is 0 Å². The molecule has 0 atom stereocenters. The van der Waals surface area contributed by atoms with Gasteiger partial charge in [-0.1, -0.05) is 13.8 Å². The molecule has 0 aliphatic rings. The van der Waals surface area contributed by atoms with Gasteiger partial charge in [0.15, 0.2) is 0 Å². The van der Waals surface area contributed by atoms with E-state index in [0.29, 0.717) is 12.5 Å². The van der Waals surface area contributed by atoms with Crippen LogP contribution in [0.4, 0.5) is 0 Å². The van der Waals surface area contributed by atoms with E-state index < -0.39 is 0 Å². The highest BCUT2D eigenvalue weighted by Crippen LogP contribution is 2.02. The topological polar surface area (TPSA) is 33.0 Å². The van der Waals surface area contributed by atoms with Gasteiger partial charge in [0.05, 0.1) is 0 Å². The summed E-state index contributed by atoms with van der Waals surface area (Å²) in [6.07, 6.45) is 3.77. The number of rotatable bonds is 4. The molecular formula is C7H13NO. The van der Waals surface area contributed by atoms with E-state index in [1.54, 1.807) is 6.26 Å². The van der Waals surface area contributed by atoms with Crippen molar-refractivity contribution in [2.24, 2.45) is 5.92 Å². The van der Waals surface area contributed by atoms with Gasteiger partial charge in [-0.2, -0.15) is 5.26 Å². The van der Waals surface area contributed by atoms with E-state index in [-0.39, 0.29) is 0 Å². The molecule has 0 saturated carbocycles. The lowest BCUT2D eigenvalue weighted by atomic mass is 10.1. The lowest BCUT2D eigenvalue weighted by Gasteiger charge is -2.00. The van der Waals surface area contributed by atoms with Crippen LogP contribution in [0.25, 0.3) is 0 Å². The highest BCUT2D eigenvalue weighted by atomic mass is 16.5. The van der Waals surface area contributed by atoms with Crippen molar-refractivity contribution in [2.75, 3.05) is 6.61 Å². The van der Waals surface area contributed by atoms with Crippen LogP contribution in [0.1, 0.15) is 26.7 Å². The van der Waals surface area contributed by atoms with Crippen LogP contribution in [0.15, 0.2) is 0 Å². The Kier molecular flexibility index (Phi) is 5.00. The molecule has 0 bridgehead atoms. The second-order valence-electron chi connectivity index (χ2n) is 2.48. The smallest absolute Gasteiger partial charge is 0.286 e. The SMILES string of the molecule is CC(C)CCCOC#N. The van der Waals surface area contributed by atoms with Crippen LogP contribution in [-0.2, 0) is 4.74 Å². The third kappa shape index (κ3) is 7.29. The van der Waals surface area contributed by atoms with Crippen molar-refractivity contribution in [2.45, 2.75) is 26.7 Å². The van der Waals surface area contributed by atoms with Gasteiger partial charge in [0.25, 0.3) is 6.26 Å². The maximum absolute atomic E-state index is 7.96. The quantitative estimate of drug-likeness (QED) is 0.427. The molecule has 0 N–H and O–H groups in total. The van der Waals surface area contributed by atoms with Crippen LogP contribution >= 0.6 is 0 Å². The zero-order valence-corrected chi connectivity index (χ0v) is 6.05.